The summed E-state index contributed by atoms with van der Waals surface area (Å²) in [5.41, 5.74) is 2.53. The number of nitrogens with one attached hydrogen (secondary N) is 1. The Morgan fingerprint density at radius 2 is 1.89 bits per heavy atom. The van der Waals surface area contributed by atoms with Crippen molar-refractivity contribution in [1.29, 1.82) is 0 Å². The Kier molecular flexibility index (Phi) is 9.01. The maximum absolute atomic E-state index is 5.43. The van der Waals surface area contributed by atoms with Crippen LogP contribution in [0, 0.1) is 0 Å². The van der Waals surface area contributed by atoms with Crippen LogP contribution in [-0.4, -0.2) is 67.3 Å². The number of guanidine groups is 1. The fourth-order valence-corrected chi connectivity index (χ4v) is 4.53. The minimum absolute atomic E-state index is 0. The molecule has 152 valence electrons. The average molecular weight is 504 g/mol. The van der Waals surface area contributed by atoms with E-state index in [0.717, 1.165) is 64.2 Å². The zero-order valence-electron chi connectivity index (χ0n) is 16.7. The molecule has 2 aliphatic rings. The standard InChI is InChI=1S/C20H32N4OS.HI/c1-4-21-19(24-11-14-26-20(2,3)16-24)22-15-17-5-7-18(8-6-17)23-9-12-25-13-10-23;/h5-8H,4,9-16H2,1-3H3,(H,21,22);1H. The number of thioether (sulfide) groups is 1. The molecule has 0 aliphatic carbocycles. The van der Waals surface area contributed by atoms with Crippen molar-refractivity contribution in [2.24, 2.45) is 4.99 Å². The summed E-state index contributed by atoms with van der Waals surface area (Å²) in [6, 6.07) is 8.83. The molecule has 2 aliphatic heterocycles. The highest BCUT2D eigenvalue weighted by Crippen LogP contribution is 2.29. The zero-order chi connectivity index (χ0) is 18.4. The largest absolute Gasteiger partial charge is 0.378 e. The molecule has 0 saturated carbocycles. The van der Waals surface area contributed by atoms with Gasteiger partial charge in [0.15, 0.2) is 5.96 Å². The Balaban J connectivity index is 0.00000261. The Labute approximate surface area is 185 Å². The summed E-state index contributed by atoms with van der Waals surface area (Å²) in [5, 5.41) is 3.47. The summed E-state index contributed by atoms with van der Waals surface area (Å²) >= 11 is 2.05. The summed E-state index contributed by atoms with van der Waals surface area (Å²) in [4.78, 5) is 9.69. The fourth-order valence-electron chi connectivity index (χ4n) is 3.42. The van der Waals surface area contributed by atoms with Gasteiger partial charge in [-0.1, -0.05) is 12.1 Å². The van der Waals surface area contributed by atoms with Crippen LogP contribution in [0.2, 0.25) is 0 Å². The van der Waals surface area contributed by atoms with E-state index < -0.39 is 0 Å². The third-order valence-electron chi connectivity index (χ3n) is 4.78. The average Bonchev–Trinajstić information content (AvgIpc) is 2.65. The van der Waals surface area contributed by atoms with Gasteiger partial charge in [0.1, 0.15) is 0 Å². The van der Waals surface area contributed by atoms with E-state index in [1.807, 2.05) is 0 Å². The van der Waals surface area contributed by atoms with Gasteiger partial charge in [0.05, 0.1) is 19.8 Å². The monoisotopic (exact) mass is 504 g/mol. The van der Waals surface area contributed by atoms with Crippen LogP contribution in [0.4, 0.5) is 5.69 Å². The molecule has 0 unspecified atom stereocenters. The lowest BCUT2D eigenvalue weighted by Crippen LogP contribution is -2.50. The van der Waals surface area contributed by atoms with Crippen LogP contribution in [0.25, 0.3) is 0 Å². The molecule has 1 aromatic carbocycles. The number of anilines is 1. The fraction of sp³-hybridized carbons (Fsp3) is 0.650. The lowest BCUT2D eigenvalue weighted by Gasteiger charge is -2.39. The smallest absolute Gasteiger partial charge is 0.194 e. The van der Waals surface area contributed by atoms with Crippen LogP contribution in [0.15, 0.2) is 29.3 Å². The molecule has 7 heteroatoms. The molecule has 0 atom stereocenters. The molecular formula is C20H33IN4OS. The van der Waals surface area contributed by atoms with Gasteiger partial charge in [-0.25, -0.2) is 4.99 Å². The number of aliphatic imine (C=N–C) groups is 1. The molecule has 0 spiro atoms. The molecule has 0 bridgehead atoms. The van der Waals surface area contributed by atoms with Crippen molar-refractivity contribution >= 4 is 47.4 Å². The SMILES string of the molecule is CCNC(=NCc1ccc(N2CCOCC2)cc1)N1CCSC(C)(C)C1.I. The summed E-state index contributed by atoms with van der Waals surface area (Å²) in [5.74, 6) is 2.20. The highest BCUT2D eigenvalue weighted by atomic mass is 127. The van der Waals surface area contributed by atoms with Gasteiger partial charge in [0.2, 0.25) is 0 Å². The predicted molar refractivity (Wildman–Crippen MR) is 128 cm³/mol. The first-order chi connectivity index (χ1) is 12.6. The summed E-state index contributed by atoms with van der Waals surface area (Å²) in [6.07, 6.45) is 0. The first kappa shape index (κ1) is 22.6. The van der Waals surface area contributed by atoms with Crippen LogP contribution >= 0.6 is 35.7 Å². The molecule has 3 rings (SSSR count). The quantitative estimate of drug-likeness (QED) is 0.387. The molecule has 0 amide bonds. The third-order valence-corrected chi connectivity index (χ3v) is 6.08. The second-order valence-electron chi connectivity index (χ2n) is 7.47. The number of hydrogen-bond acceptors (Lipinski definition) is 4. The number of hydrogen-bond donors (Lipinski definition) is 1. The highest BCUT2D eigenvalue weighted by molar-refractivity contribution is 14.0. The highest BCUT2D eigenvalue weighted by Gasteiger charge is 2.28. The van der Waals surface area contributed by atoms with E-state index in [0.29, 0.717) is 0 Å². The van der Waals surface area contributed by atoms with Crippen molar-refractivity contribution in [3.63, 3.8) is 0 Å². The van der Waals surface area contributed by atoms with Crippen LogP contribution in [-0.2, 0) is 11.3 Å². The molecule has 2 fully saturated rings. The summed E-state index contributed by atoms with van der Waals surface area (Å²) in [6.45, 7) is 14.1. The van der Waals surface area contributed by atoms with Crippen molar-refractivity contribution in [1.82, 2.24) is 10.2 Å². The van der Waals surface area contributed by atoms with E-state index in [-0.39, 0.29) is 28.7 Å². The van der Waals surface area contributed by atoms with Gasteiger partial charge in [-0.15, -0.1) is 24.0 Å². The molecule has 2 heterocycles. The molecule has 0 aromatic heterocycles. The van der Waals surface area contributed by atoms with Gasteiger partial charge in [-0.3, -0.25) is 0 Å². The number of rotatable bonds is 4. The first-order valence-corrected chi connectivity index (χ1v) is 10.6. The van der Waals surface area contributed by atoms with E-state index in [9.17, 15) is 0 Å². The Hall–Kier alpha value is -0.670. The molecular weight excluding hydrogens is 471 g/mol. The topological polar surface area (TPSA) is 40.1 Å². The molecule has 2 saturated heterocycles. The van der Waals surface area contributed by atoms with E-state index in [4.69, 9.17) is 9.73 Å². The Morgan fingerprint density at radius 1 is 1.19 bits per heavy atom. The van der Waals surface area contributed by atoms with Gasteiger partial charge < -0.3 is 19.9 Å². The van der Waals surface area contributed by atoms with E-state index in [1.165, 1.54) is 11.3 Å². The van der Waals surface area contributed by atoms with Crippen LogP contribution in [0.5, 0.6) is 0 Å². The van der Waals surface area contributed by atoms with Crippen molar-refractivity contribution in [3.05, 3.63) is 29.8 Å². The lowest BCUT2D eigenvalue weighted by molar-refractivity contribution is 0.122. The van der Waals surface area contributed by atoms with Crippen LogP contribution in [0.1, 0.15) is 26.3 Å². The van der Waals surface area contributed by atoms with E-state index >= 15 is 0 Å². The normalized spacial score (nSPS) is 20.2. The van der Waals surface area contributed by atoms with Gasteiger partial charge in [0.25, 0.3) is 0 Å². The molecule has 1 N–H and O–H groups in total. The van der Waals surface area contributed by atoms with E-state index in [2.05, 4.69) is 71.9 Å². The third kappa shape index (κ3) is 6.71. The summed E-state index contributed by atoms with van der Waals surface area (Å²) in [7, 11) is 0. The Morgan fingerprint density at radius 3 is 2.52 bits per heavy atom. The number of benzene rings is 1. The first-order valence-electron chi connectivity index (χ1n) is 9.66. The van der Waals surface area contributed by atoms with Crippen molar-refractivity contribution in [2.45, 2.75) is 32.1 Å². The Bertz CT molecular complexity index is 603. The van der Waals surface area contributed by atoms with Gasteiger partial charge in [-0.05, 0) is 38.5 Å². The minimum atomic E-state index is 0. The maximum Gasteiger partial charge on any atom is 0.194 e. The van der Waals surface area contributed by atoms with Crippen molar-refractivity contribution in [3.8, 4) is 0 Å². The second kappa shape index (κ2) is 10.8. The number of halogens is 1. The molecule has 27 heavy (non-hydrogen) atoms. The van der Waals surface area contributed by atoms with Crippen LogP contribution in [0.3, 0.4) is 0 Å². The lowest BCUT2D eigenvalue weighted by atomic mass is 10.2. The molecule has 0 radical (unpaired) electrons. The number of morpholine rings is 1. The van der Waals surface area contributed by atoms with Crippen molar-refractivity contribution in [2.75, 3.05) is 56.6 Å². The predicted octanol–water partition coefficient (Wildman–Crippen LogP) is 3.43. The van der Waals surface area contributed by atoms with Gasteiger partial charge in [-0.2, -0.15) is 11.8 Å². The maximum atomic E-state index is 5.43. The van der Waals surface area contributed by atoms with Gasteiger partial charge in [0, 0.05) is 48.9 Å². The second-order valence-corrected chi connectivity index (χ2v) is 9.27. The van der Waals surface area contributed by atoms with Gasteiger partial charge >= 0.3 is 0 Å². The number of ether oxygens (including phenoxy) is 1. The van der Waals surface area contributed by atoms with Crippen LogP contribution < -0.4 is 10.2 Å². The minimum Gasteiger partial charge on any atom is -0.378 e. The van der Waals surface area contributed by atoms with E-state index in [1.54, 1.807) is 0 Å². The molecule has 1 aromatic rings. The number of nitrogens with zero attached hydrogens (tertiary/aromatic N) is 3. The molecule has 5 nitrogen and oxygen atoms in total. The zero-order valence-corrected chi connectivity index (χ0v) is 19.9. The van der Waals surface area contributed by atoms with Crippen molar-refractivity contribution < 1.29 is 4.74 Å². The summed E-state index contributed by atoms with van der Waals surface area (Å²) < 4.78 is 5.72.